The fraction of sp³-hybridized carbons (Fsp3) is 0.543. The molecule has 6 N–H and O–H groups in total. The predicted octanol–water partition coefficient (Wildman–Crippen LogP) is 7.16. The Morgan fingerprint density at radius 3 is 2.03 bits per heavy atom. The first-order valence-electron chi connectivity index (χ1n) is 20.9. The van der Waals surface area contributed by atoms with Crippen molar-refractivity contribution in [1.29, 1.82) is 0 Å². The molecule has 3 rings (SSSR count). The number of ether oxygens (including phenoxy) is 3. The van der Waals surface area contributed by atoms with E-state index in [-0.39, 0.29) is 30.6 Å². The van der Waals surface area contributed by atoms with Crippen LogP contribution in [-0.2, 0) is 41.3 Å². The van der Waals surface area contributed by atoms with Crippen molar-refractivity contribution in [2.45, 2.75) is 139 Å². The number of nitrogens with zero attached hydrogens (tertiary/aromatic N) is 1. The van der Waals surface area contributed by atoms with Gasteiger partial charge in [-0.3, -0.25) is 28.9 Å². The van der Waals surface area contributed by atoms with E-state index in [1.54, 1.807) is 12.2 Å². The third-order valence-corrected chi connectivity index (χ3v) is 9.51. The van der Waals surface area contributed by atoms with Crippen LogP contribution in [0.2, 0.25) is 0 Å². The Morgan fingerprint density at radius 2 is 1.54 bits per heavy atom. The third kappa shape index (κ3) is 25.3. The number of hydrogen-bond acceptors (Lipinski definition) is 9. The van der Waals surface area contributed by atoms with Crippen LogP contribution in [-0.4, -0.2) is 78.9 Å². The second-order valence-corrected chi connectivity index (χ2v) is 14.7. The van der Waals surface area contributed by atoms with E-state index in [4.69, 9.17) is 15.2 Å². The van der Waals surface area contributed by atoms with Crippen molar-refractivity contribution in [2.24, 2.45) is 10.7 Å². The van der Waals surface area contributed by atoms with Gasteiger partial charge in [0.05, 0.1) is 18.6 Å². The molecule has 0 saturated carbocycles. The number of carbonyl (C=O) groups is 4. The van der Waals surface area contributed by atoms with Crippen LogP contribution in [0.5, 0.6) is 11.5 Å². The van der Waals surface area contributed by atoms with Crippen LogP contribution in [0.15, 0.2) is 59.5 Å². The molecule has 14 nitrogen and oxygen atoms in total. The summed E-state index contributed by atoms with van der Waals surface area (Å²) in [6, 6.07) is 7.22. The summed E-state index contributed by atoms with van der Waals surface area (Å²) in [5, 5.41) is 7.20. The number of esters is 1. The molecule has 1 aliphatic rings. The van der Waals surface area contributed by atoms with Gasteiger partial charge in [0.15, 0.2) is 11.0 Å². The van der Waals surface area contributed by atoms with Crippen LogP contribution in [0.1, 0.15) is 116 Å². The summed E-state index contributed by atoms with van der Waals surface area (Å²) in [7, 11) is -0.212. The van der Waals surface area contributed by atoms with Crippen LogP contribution in [0.4, 0.5) is 0 Å². The molecular formula is C46H78N6O8S. The minimum absolute atomic E-state index is 0.159. The quantitative estimate of drug-likeness (QED) is 0.0566. The van der Waals surface area contributed by atoms with Crippen molar-refractivity contribution < 1.29 is 37.6 Å². The molecule has 2 aromatic carbocycles. The van der Waals surface area contributed by atoms with Gasteiger partial charge in [-0.2, -0.15) is 0 Å². The number of benzene rings is 2. The molecule has 61 heavy (non-hydrogen) atoms. The maximum atomic E-state index is 12.7. The Kier molecular flexibility index (Phi) is 34.0. The van der Waals surface area contributed by atoms with Crippen LogP contribution < -0.4 is 35.9 Å². The molecule has 1 aliphatic heterocycles. The van der Waals surface area contributed by atoms with Gasteiger partial charge in [0.2, 0.25) is 23.7 Å². The zero-order valence-corrected chi connectivity index (χ0v) is 40.6. The summed E-state index contributed by atoms with van der Waals surface area (Å²) in [5.74, 6) is 0.223. The van der Waals surface area contributed by atoms with Crippen molar-refractivity contribution in [3.63, 3.8) is 0 Å². The first-order valence-corrected chi connectivity index (χ1v) is 22.0. The summed E-state index contributed by atoms with van der Waals surface area (Å²) in [4.78, 5) is 49.8. The number of fused-ring (bicyclic) bond motifs is 1. The number of methoxy groups -OCH3 is 1. The molecule has 2 unspecified atom stereocenters. The van der Waals surface area contributed by atoms with Gasteiger partial charge in [-0.05, 0) is 109 Å². The van der Waals surface area contributed by atoms with Gasteiger partial charge in [-0.25, -0.2) is 4.21 Å². The lowest BCUT2D eigenvalue weighted by molar-refractivity contribution is -0.141. The van der Waals surface area contributed by atoms with Gasteiger partial charge in [0.1, 0.15) is 36.3 Å². The molecule has 2 atom stereocenters. The van der Waals surface area contributed by atoms with E-state index in [0.29, 0.717) is 26.0 Å². The van der Waals surface area contributed by atoms with Crippen molar-refractivity contribution >= 4 is 40.6 Å². The number of allylic oxidation sites excluding steroid dienone is 1. The first-order chi connectivity index (χ1) is 28.8. The van der Waals surface area contributed by atoms with Gasteiger partial charge < -0.3 is 35.9 Å². The van der Waals surface area contributed by atoms with Gasteiger partial charge in [-0.15, -0.1) is 6.58 Å². The topological polar surface area (TPSA) is 200 Å². The zero-order chi connectivity index (χ0) is 47.7. The number of rotatable bonds is 14. The molecular weight excluding hydrogens is 797 g/mol. The Hall–Kier alpha value is -5.18. The summed E-state index contributed by atoms with van der Waals surface area (Å²) in [6.45, 7) is 34.8. The predicted molar refractivity (Wildman–Crippen MR) is 251 cm³/mol. The molecule has 0 saturated heterocycles. The summed E-state index contributed by atoms with van der Waals surface area (Å²) in [6.07, 6.45) is 6.47. The van der Waals surface area contributed by atoms with E-state index in [2.05, 4.69) is 64.3 Å². The Labute approximate surface area is 369 Å². The molecule has 2 aromatic rings. The average molecular weight is 875 g/mol. The number of nitrogens with two attached hydrogens (primary N) is 1. The zero-order valence-electron chi connectivity index (χ0n) is 39.8. The van der Waals surface area contributed by atoms with Gasteiger partial charge in [-0.1, -0.05) is 77.5 Å². The SMILES string of the molecule is C=CC.C=CCOc1ccc(C)cc1.CC.CC.CCCC(NC(=O)CNC(C)=O)C(=O)NCC(=O)OC.CCN=C(N)NS(=O)c1c(C)c(C)c2c(c1C)CCC(C)(C)O2. The van der Waals surface area contributed by atoms with E-state index in [1.807, 2.05) is 93.5 Å². The van der Waals surface area contributed by atoms with Crippen molar-refractivity contribution in [1.82, 2.24) is 20.7 Å². The smallest absolute Gasteiger partial charge is 0.325 e. The van der Waals surface area contributed by atoms with E-state index >= 15 is 0 Å². The molecule has 0 aromatic heterocycles. The lowest BCUT2D eigenvalue weighted by atomic mass is 9.88. The number of hydrogen-bond donors (Lipinski definition) is 5. The monoisotopic (exact) mass is 875 g/mol. The van der Waals surface area contributed by atoms with Crippen LogP contribution in [0.3, 0.4) is 0 Å². The number of aliphatic imine (C=N–C) groups is 1. The van der Waals surface area contributed by atoms with E-state index in [0.717, 1.165) is 51.5 Å². The average Bonchev–Trinajstić information content (AvgIpc) is 3.22. The highest BCUT2D eigenvalue weighted by atomic mass is 32.2. The molecule has 1 heterocycles. The fourth-order valence-electron chi connectivity index (χ4n) is 5.13. The van der Waals surface area contributed by atoms with E-state index in [9.17, 15) is 23.4 Å². The van der Waals surface area contributed by atoms with E-state index < -0.39 is 34.8 Å². The maximum Gasteiger partial charge on any atom is 0.325 e. The highest BCUT2D eigenvalue weighted by Crippen LogP contribution is 2.41. The number of aryl methyl sites for hydroxylation is 1. The summed E-state index contributed by atoms with van der Waals surface area (Å²) >= 11 is 0. The molecule has 0 aliphatic carbocycles. The molecule has 15 heteroatoms. The lowest BCUT2D eigenvalue weighted by Crippen LogP contribution is -2.50. The van der Waals surface area contributed by atoms with Crippen LogP contribution >= 0.6 is 0 Å². The summed E-state index contributed by atoms with van der Waals surface area (Å²) < 4.78 is 31.4. The molecule has 0 spiro atoms. The molecule has 0 radical (unpaired) electrons. The molecule has 346 valence electrons. The maximum absolute atomic E-state index is 12.7. The second-order valence-electron chi connectivity index (χ2n) is 13.5. The van der Waals surface area contributed by atoms with Crippen LogP contribution in [0.25, 0.3) is 0 Å². The van der Waals surface area contributed by atoms with Gasteiger partial charge in [0.25, 0.3) is 0 Å². The van der Waals surface area contributed by atoms with Crippen LogP contribution in [0, 0.1) is 27.7 Å². The van der Waals surface area contributed by atoms with Crippen molar-refractivity contribution in [2.75, 3.05) is 33.4 Å². The fourth-order valence-corrected chi connectivity index (χ4v) is 6.32. The van der Waals surface area contributed by atoms with Crippen molar-refractivity contribution in [3.8, 4) is 11.5 Å². The third-order valence-electron chi connectivity index (χ3n) is 8.13. The normalized spacial score (nSPS) is 12.5. The highest BCUT2D eigenvalue weighted by molar-refractivity contribution is 7.83. The molecule has 3 amide bonds. The summed E-state index contributed by atoms with van der Waals surface area (Å²) in [5.41, 5.74) is 11.1. The number of nitrogens with one attached hydrogen (secondary N) is 4. The van der Waals surface area contributed by atoms with Crippen molar-refractivity contribution in [3.05, 3.63) is 77.4 Å². The van der Waals surface area contributed by atoms with Gasteiger partial charge in [0, 0.05) is 13.5 Å². The van der Waals surface area contributed by atoms with Gasteiger partial charge >= 0.3 is 5.97 Å². The molecule has 0 bridgehead atoms. The first kappa shape index (κ1) is 60.1. The van der Waals surface area contributed by atoms with E-state index in [1.165, 1.54) is 19.6 Å². The Bertz CT molecular complexity index is 1690. The molecule has 0 fully saturated rings. The largest absolute Gasteiger partial charge is 0.490 e. The Balaban J connectivity index is -0.000000802. The number of carbonyl (C=O) groups excluding carboxylic acids is 4. The Morgan fingerprint density at radius 1 is 0.967 bits per heavy atom. The number of guanidine groups is 1. The highest BCUT2D eigenvalue weighted by Gasteiger charge is 2.32. The minimum atomic E-state index is -1.43. The lowest BCUT2D eigenvalue weighted by Gasteiger charge is -2.35. The number of amides is 3. The minimum Gasteiger partial charge on any atom is -0.490 e. The standard InChI is InChI=1S/C17H27N3O2S.C12H21N3O5.C10H12O.C3H6.2C2H6/c1-7-19-16(18)20-23(21)15-11(3)10(2)14-13(12(15)4)8-9-17(5,6)22-14;1-4-5-9(12(19)14-7-11(18)20-3)15-10(17)6-13-8(2)16;1-3-8-11-10-6-4-9(2)5-7-10;1-3-2;2*1-2/h7-9H2,1-6H3,(H3,18,19,20);9H,4-7H2,1-3H3,(H,13,16)(H,14,19)(H,15,17);3-7H,1,8H2,2H3;3H,1H2,2H3;2*1-2H3. The second kappa shape index (κ2) is 34.5.